The monoisotopic (exact) mass is 227 g/mol. The highest BCUT2D eigenvalue weighted by molar-refractivity contribution is 6.09. The maximum atomic E-state index is 11.7. The first-order valence-electron chi connectivity index (χ1n) is 5.36. The highest BCUT2D eigenvalue weighted by Gasteiger charge is 2.54. The first-order valence-corrected chi connectivity index (χ1v) is 5.36. The standard InChI is InChI=1S/C10H17N3O3/c1-15-4-3-11-9-12-8(14)10(13-9)5-7(6-10)16-2/h7H,3-6H2,1-2H3,(H2,11,12,13,14). The molecule has 1 spiro atoms. The number of hydrogen-bond donors (Lipinski definition) is 2. The van der Waals surface area contributed by atoms with E-state index < -0.39 is 5.54 Å². The Morgan fingerprint density at radius 1 is 1.50 bits per heavy atom. The van der Waals surface area contributed by atoms with Crippen molar-refractivity contribution in [3.8, 4) is 0 Å². The van der Waals surface area contributed by atoms with Crippen LogP contribution >= 0.6 is 0 Å². The number of amides is 1. The number of hydrogen-bond acceptors (Lipinski definition) is 4. The Balaban J connectivity index is 1.90. The minimum absolute atomic E-state index is 0.00281. The number of aliphatic imine (C=N–C) groups is 1. The molecule has 2 aliphatic rings. The molecule has 0 atom stereocenters. The third-order valence-electron chi connectivity index (χ3n) is 3.08. The molecule has 2 rings (SSSR count). The van der Waals surface area contributed by atoms with Gasteiger partial charge in [0.25, 0.3) is 5.91 Å². The van der Waals surface area contributed by atoms with Gasteiger partial charge in [-0.25, -0.2) is 0 Å². The lowest BCUT2D eigenvalue weighted by molar-refractivity contribution is -0.132. The van der Waals surface area contributed by atoms with Gasteiger partial charge < -0.3 is 14.8 Å². The summed E-state index contributed by atoms with van der Waals surface area (Å²) >= 11 is 0. The lowest BCUT2D eigenvalue weighted by Crippen LogP contribution is -2.59. The molecule has 0 aromatic heterocycles. The molecule has 0 unspecified atom stereocenters. The van der Waals surface area contributed by atoms with E-state index in [1.807, 2.05) is 0 Å². The predicted molar refractivity (Wildman–Crippen MR) is 58.2 cm³/mol. The largest absolute Gasteiger partial charge is 0.383 e. The van der Waals surface area contributed by atoms with Crippen molar-refractivity contribution in [1.82, 2.24) is 10.6 Å². The summed E-state index contributed by atoms with van der Waals surface area (Å²) in [5.41, 5.74) is -0.480. The van der Waals surface area contributed by atoms with Gasteiger partial charge in [0, 0.05) is 27.1 Å². The molecule has 1 aliphatic heterocycles. The number of nitrogens with zero attached hydrogens (tertiary/aromatic N) is 1. The zero-order chi connectivity index (χ0) is 11.6. The number of ether oxygens (including phenoxy) is 2. The van der Waals surface area contributed by atoms with Crippen LogP contribution in [-0.2, 0) is 14.3 Å². The van der Waals surface area contributed by atoms with E-state index in [4.69, 9.17) is 9.47 Å². The fourth-order valence-corrected chi connectivity index (χ4v) is 2.04. The van der Waals surface area contributed by atoms with Crippen LogP contribution in [0.4, 0.5) is 0 Å². The van der Waals surface area contributed by atoms with Crippen LogP contribution in [0, 0.1) is 0 Å². The van der Waals surface area contributed by atoms with E-state index in [2.05, 4.69) is 15.6 Å². The zero-order valence-electron chi connectivity index (χ0n) is 9.58. The lowest BCUT2D eigenvalue weighted by Gasteiger charge is -2.41. The van der Waals surface area contributed by atoms with E-state index >= 15 is 0 Å². The summed E-state index contributed by atoms with van der Waals surface area (Å²) in [6, 6.07) is 0. The number of nitrogens with one attached hydrogen (secondary N) is 2. The first kappa shape index (κ1) is 11.3. The van der Waals surface area contributed by atoms with Gasteiger partial charge in [-0.15, -0.1) is 0 Å². The van der Waals surface area contributed by atoms with Crippen molar-refractivity contribution in [2.75, 3.05) is 27.4 Å². The Bertz CT molecular complexity index is 310. The van der Waals surface area contributed by atoms with Crippen molar-refractivity contribution >= 4 is 11.9 Å². The number of guanidine groups is 1. The van der Waals surface area contributed by atoms with Crippen molar-refractivity contribution in [2.45, 2.75) is 24.5 Å². The summed E-state index contributed by atoms with van der Waals surface area (Å²) in [5, 5.41) is 5.87. The summed E-state index contributed by atoms with van der Waals surface area (Å²) in [6.45, 7) is 1.09. The first-order chi connectivity index (χ1) is 7.70. The molecule has 6 heteroatoms. The average Bonchev–Trinajstić information content (AvgIpc) is 2.53. The summed E-state index contributed by atoms with van der Waals surface area (Å²) in [4.78, 5) is 15.9. The Kier molecular flexibility index (Phi) is 3.11. The fraction of sp³-hybridized carbons (Fsp3) is 0.800. The van der Waals surface area contributed by atoms with Gasteiger partial charge in [0.2, 0.25) is 0 Å². The Labute approximate surface area is 94.4 Å². The number of rotatable bonds is 4. The van der Waals surface area contributed by atoms with Crippen LogP contribution in [0.15, 0.2) is 4.99 Å². The van der Waals surface area contributed by atoms with E-state index in [9.17, 15) is 4.79 Å². The molecule has 2 fully saturated rings. The van der Waals surface area contributed by atoms with Gasteiger partial charge in [-0.2, -0.15) is 0 Å². The molecular weight excluding hydrogens is 210 g/mol. The number of methoxy groups -OCH3 is 2. The molecule has 0 aromatic rings. The third kappa shape index (κ3) is 1.90. The van der Waals surface area contributed by atoms with Crippen molar-refractivity contribution in [3.05, 3.63) is 0 Å². The van der Waals surface area contributed by atoms with Crippen LogP contribution in [0.5, 0.6) is 0 Å². The van der Waals surface area contributed by atoms with E-state index in [0.29, 0.717) is 32.0 Å². The Morgan fingerprint density at radius 2 is 2.25 bits per heavy atom. The van der Waals surface area contributed by atoms with Gasteiger partial charge in [-0.1, -0.05) is 0 Å². The fourth-order valence-electron chi connectivity index (χ4n) is 2.04. The molecule has 0 bridgehead atoms. The van der Waals surface area contributed by atoms with Crippen LogP contribution in [0.2, 0.25) is 0 Å². The van der Waals surface area contributed by atoms with Gasteiger partial charge in [-0.05, 0) is 0 Å². The summed E-state index contributed by atoms with van der Waals surface area (Å²) < 4.78 is 10.1. The molecular formula is C10H17N3O3. The predicted octanol–water partition coefficient (Wildman–Crippen LogP) is -0.744. The van der Waals surface area contributed by atoms with Crippen LogP contribution in [-0.4, -0.2) is 50.9 Å². The van der Waals surface area contributed by atoms with Crippen LogP contribution < -0.4 is 10.6 Å². The van der Waals surface area contributed by atoms with E-state index in [1.54, 1.807) is 14.2 Å². The SMILES string of the molecule is COCCN=C1NC(=O)C2(CC(OC)C2)N1. The Morgan fingerprint density at radius 3 is 2.88 bits per heavy atom. The third-order valence-corrected chi connectivity index (χ3v) is 3.08. The lowest BCUT2D eigenvalue weighted by atomic mass is 9.74. The Hall–Kier alpha value is -1.14. The van der Waals surface area contributed by atoms with E-state index in [-0.39, 0.29) is 12.0 Å². The molecule has 1 saturated carbocycles. The molecule has 1 heterocycles. The number of carbonyl (C=O) groups is 1. The van der Waals surface area contributed by atoms with Crippen LogP contribution in [0.25, 0.3) is 0 Å². The zero-order valence-corrected chi connectivity index (χ0v) is 9.58. The molecule has 16 heavy (non-hydrogen) atoms. The molecule has 0 aromatic carbocycles. The van der Waals surface area contributed by atoms with Gasteiger partial charge in [0.15, 0.2) is 5.96 Å². The average molecular weight is 227 g/mol. The molecule has 90 valence electrons. The van der Waals surface area contributed by atoms with Crippen molar-refractivity contribution < 1.29 is 14.3 Å². The smallest absolute Gasteiger partial charge is 0.252 e. The molecule has 1 aliphatic carbocycles. The second-order valence-corrected chi connectivity index (χ2v) is 4.15. The summed E-state index contributed by atoms with van der Waals surface area (Å²) in [7, 11) is 3.29. The second kappa shape index (κ2) is 4.39. The minimum atomic E-state index is -0.480. The van der Waals surface area contributed by atoms with Gasteiger partial charge in [0.1, 0.15) is 5.54 Å². The maximum absolute atomic E-state index is 11.7. The topological polar surface area (TPSA) is 72.0 Å². The van der Waals surface area contributed by atoms with Crippen LogP contribution in [0.1, 0.15) is 12.8 Å². The van der Waals surface area contributed by atoms with E-state index in [1.165, 1.54) is 0 Å². The van der Waals surface area contributed by atoms with Crippen molar-refractivity contribution in [1.29, 1.82) is 0 Å². The molecule has 1 saturated heterocycles. The highest BCUT2D eigenvalue weighted by atomic mass is 16.5. The molecule has 6 nitrogen and oxygen atoms in total. The minimum Gasteiger partial charge on any atom is -0.383 e. The molecule has 0 radical (unpaired) electrons. The van der Waals surface area contributed by atoms with Gasteiger partial charge in [0.05, 0.1) is 19.3 Å². The van der Waals surface area contributed by atoms with Gasteiger partial charge in [-0.3, -0.25) is 15.1 Å². The van der Waals surface area contributed by atoms with Crippen molar-refractivity contribution in [2.24, 2.45) is 4.99 Å². The quantitative estimate of drug-likeness (QED) is 0.620. The molecule has 1 amide bonds. The van der Waals surface area contributed by atoms with Crippen molar-refractivity contribution in [3.63, 3.8) is 0 Å². The summed E-state index contributed by atoms with van der Waals surface area (Å²) in [6.07, 6.45) is 1.59. The van der Waals surface area contributed by atoms with E-state index in [0.717, 1.165) is 0 Å². The summed E-state index contributed by atoms with van der Waals surface area (Å²) in [5.74, 6) is 0.550. The van der Waals surface area contributed by atoms with Gasteiger partial charge >= 0.3 is 0 Å². The number of carbonyl (C=O) groups excluding carboxylic acids is 1. The highest BCUT2D eigenvalue weighted by Crippen LogP contribution is 2.36. The second-order valence-electron chi connectivity index (χ2n) is 4.15. The van der Waals surface area contributed by atoms with Crippen LogP contribution in [0.3, 0.4) is 0 Å². The normalized spacial score (nSPS) is 35.0. The maximum Gasteiger partial charge on any atom is 0.252 e. The molecule has 2 N–H and O–H groups in total.